The summed E-state index contributed by atoms with van der Waals surface area (Å²) in [6.45, 7) is 5.45. The SMILES string of the molecule is CC(C)(CNc1ccnc(CN)n1)c1cccnc1. The molecule has 0 amide bonds. The minimum absolute atomic E-state index is 0.0257. The van der Waals surface area contributed by atoms with Crippen LogP contribution in [0.2, 0.25) is 0 Å². The second-order valence-corrected chi connectivity index (χ2v) is 5.04. The van der Waals surface area contributed by atoms with Crippen LogP contribution >= 0.6 is 0 Å². The van der Waals surface area contributed by atoms with Crippen LogP contribution in [0.3, 0.4) is 0 Å². The van der Waals surface area contributed by atoms with Gasteiger partial charge in [-0.1, -0.05) is 19.9 Å². The summed E-state index contributed by atoms with van der Waals surface area (Å²) in [7, 11) is 0. The van der Waals surface area contributed by atoms with Gasteiger partial charge in [0.1, 0.15) is 11.6 Å². The van der Waals surface area contributed by atoms with Gasteiger partial charge in [0, 0.05) is 30.6 Å². The standard InChI is InChI=1S/C14H19N5/c1-14(2,11-4-3-6-16-9-11)10-18-12-5-7-17-13(8-15)19-12/h3-7,9H,8,10,15H2,1-2H3,(H,17,18,19). The van der Waals surface area contributed by atoms with Crippen LogP contribution in [-0.2, 0) is 12.0 Å². The van der Waals surface area contributed by atoms with Crippen molar-refractivity contribution in [3.05, 3.63) is 48.2 Å². The Bertz CT molecular complexity index is 524. The van der Waals surface area contributed by atoms with Crippen LogP contribution < -0.4 is 11.1 Å². The maximum absolute atomic E-state index is 5.53. The molecule has 5 nitrogen and oxygen atoms in total. The normalized spacial score (nSPS) is 11.3. The molecule has 2 heterocycles. The summed E-state index contributed by atoms with van der Waals surface area (Å²) >= 11 is 0. The van der Waals surface area contributed by atoms with Crippen molar-refractivity contribution in [2.24, 2.45) is 5.73 Å². The molecule has 2 aromatic rings. The molecular formula is C14H19N5. The van der Waals surface area contributed by atoms with Gasteiger partial charge in [-0.25, -0.2) is 9.97 Å². The zero-order chi connectivity index (χ0) is 13.7. The van der Waals surface area contributed by atoms with Crippen molar-refractivity contribution in [1.82, 2.24) is 15.0 Å². The Morgan fingerprint density at radius 3 is 2.79 bits per heavy atom. The smallest absolute Gasteiger partial charge is 0.144 e. The molecule has 2 aromatic heterocycles. The number of aromatic nitrogens is 3. The van der Waals surface area contributed by atoms with Gasteiger partial charge in [-0.15, -0.1) is 0 Å². The van der Waals surface area contributed by atoms with Gasteiger partial charge >= 0.3 is 0 Å². The second-order valence-electron chi connectivity index (χ2n) is 5.04. The fourth-order valence-electron chi connectivity index (χ4n) is 1.77. The number of anilines is 1. The summed E-state index contributed by atoms with van der Waals surface area (Å²) in [6.07, 6.45) is 5.40. The van der Waals surface area contributed by atoms with Crippen LogP contribution in [0.15, 0.2) is 36.8 Å². The number of hydrogen-bond donors (Lipinski definition) is 2. The van der Waals surface area contributed by atoms with Gasteiger partial charge in [0.15, 0.2) is 0 Å². The number of pyridine rings is 1. The molecule has 0 aromatic carbocycles. The van der Waals surface area contributed by atoms with E-state index in [0.717, 1.165) is 12.4 Å². The quantitative estimate of drug-likeness (QED) is 0.853. The van der Waals surface area contributed by atoms with E-state index in [-0.39, 0.29) is 5.41 Å². The number of rotatable bonds is 5. The van der Waals surface area contributed by atoms with Gasteiger partial charge in [0.05, 0.1) is 6.54 Å². The molecule has 0 atom stereocenters. The van der Waals surface area contributed by atoms with Gasteiger partial charge in [-0.2, -0.15) is 0 Å². The topological polar surface area (TPSA) is 76.7 Å². The van der Waals surface area contributed by atoms with Gasteiger partial charge in [-0.05, 0) is 17.7 Å². The lowest BCUT2D eigenvalue weighted by molar-refractivity contribution is 0.553. The molecule has 0 aliphatic rings. The lowest BCUT2D eigenvalue weighted by Gasteiger charge is -2.25. The van der Waals surface area contributed by atoms with Crippen LogP contribution in [-0.4, -0.2) is 21.5 Å². The monoisotopic (exact) mass is 257 g/mol. The van der Waals surface area contributed by atoms with Crippen molar-refractivity contribution < 1.29 is 0 Å². The highest BCUT2D eigenvalue weighted by atomic mass is 15.0. The highest BCUT2D eigenvalue weighted by Gasteiger charge is 2.20. The summed E-state index contributed by atoms with van der Waals surface area (Å²) in [6, 6.07) is 5.88. The Morgan fingerprint density at radius 2 is 2.11 bits per heavy atom. The Labute approximate surface area is 113 Å². The minimum atomic E-state index is -0.0257. The zero-order valence-electron chi connectivity index (χ0n) is 11.3. The highest BCUT2D eigenvalue weighted by Crippen LogP contribution is 2.22. The van der Waals surface area contributed by atoms with E-state index in [1.807, 2.05) is 18.3 Å². The van der Waals surface area contributed by atoms with Gasteiger partial charge < -0.3 is 11.1 Å². The van der Waals surface area contributed by atoms with Crippen molar-refractivity contribution in [2.45, 2.75) is 25.8 Å². The summed E-state index contributed by atoms with van der Waals surface area (Å²) in [5.41, 5.74) is 6.70. The van der Waals surface area contributed by atoms with E-state index < -0.39 is 0 Å². The first-order valence-corrected chi connectivity index (χ1v) is 6.28. The largest absolute Gasteiger partial charge is 0.369 e. The van der Waals surface area contributed by atoms with E-state index in [4.69, 9.17) is 5.73 Å². The Balaban J connectivity index is 2.05. The molecule has 0 saturated heterocycles. The number of nitrogens with zero attached hydrogens (tertiary/aromatic N) is 3. The van der Waals surface area contributed by atoms with Crippen LogP contribution in [0.5, 0.6) is 0 Å². The van der Waals surface area contributed by atoms with Gasteiger partial charge in [0.2, 0.25) is 0 Å². The van der Waals surface area contributed by atoms with Crippen LogP contribution in [0.1, 0.15) is 25.2 Å². The maximum atomic E-state index is 5.53. The fraction of sp³-hybridized carbons (Fsp3) is 0.357. The highest BCUT2D eigenvalue weighted by molar-refractivity contribution is 5.35. The lowest BCUT2D eigenvalue weighted by atomic mass is 9.86. The molecule has 5 heteroatoms. The second kappa shape index (κ2) is 5.75. The van der Waals surface area contributed by atoms with Crippen LogP contribution in [0.25, 0.3) is 0 Å². The molecule has 0 aliphatic carbocycles. The summed E-state index contributed by atoms with van der Waals surface area (Å²) in [5.74, 6) is 1.44. The van der Waals surface area contributed by atoms with Crippen LogP contribution in [0, 0.1) is 0 Å². The molecule has 0 fully saturated rings. The fourth-order valence-corrected chi connectivity index (χ4v) is 1.77. The molecule has 100 valence electrons. The van der Waals surface area contributed by atoms with Crippen molar-refractivity contribution >= 4 is 5.82 Å². The Hall–Kier alpha value is -2.01. The first-order valence-electron chi connectivity index (χ1n) is 6.28. The third kappa shape index (κ3) is 3.48. The van der Waals surface area contributed by atoms with Gasteiger partial charge in [-0.3, -0.25) is 4.98 Å². The van der Waals surface area contributed by atoms with E-state index >= 15 is 0 Å². The van der Waals surface area contributed by atoms with Crippen molar-refractivity contribution in [3.8, 4) is 0 Å². The molecule has 0 radical (unpaired) electrons. The van der Waals surface area contributed by atoms with E-state index in [9.17, 15) is 0 Å². The molecule has 2 rings (SSSR count). The minimum Gasteiger partial charge on any atom is -0.369 e. The first kappa shape index (κ1) is 13.4. The molecule has 0 unspecified atom stereocenters. The lowest BCUT2D eigenvalue weighted by Crippen LogP contribution is -2.28. The van der Waals surface area contributed by atoms with E-state index in [0.29, 0.717) is 12.4 Å². The third-order valence-electron chi connectivity index (χ3n) is 3.04. The molecule has 0 spiro atoms. The number of hydrogen-bond acceptors (Lipinski definition) is 5. The average molecular weight is 257 g/mol. The summed E-state index contributed by atoms with van der Waals surface area (Å²) in [4.78, 5) is 12.6. The predicted molar refractivity (Wildman–Crippen MR) is 75.7 cm³/mol. The summed E-state index contributed by atoms with van der Waals surface area (Å²) in [5, 5.41) is 3.32. The number of nitrogens with one attached hydrogen (secondary N) is 1. The Kier molecular flexibility index (Phi) is 4.06. The Morgan fingerprint density at radius 1 is 1.26 bits per heavy atom. The van der Waals surface area contributed by atoms with Crippen LogP contribution in [0.4, 0.5) is 5.82 Å². The van der Waals surface area contributed by atoms with Gasteiger partial charge in [0.25, 0.3) is 0 Å². The van der Waals surface area contributed by atoms with Crippen molar-refractivity contribution in [2.75, 3.05) is 11.9 Å². The zero-order valence-corrected chi connectivity index (χ0v) is 11.3. The molecule has 0 saturated carbocycles. The van der Waals surface area contributed by atoms with Crippen molar-refractivity contribution in [1.29, 1.82) is 0 Å². The molecule has 3 N–H and O–H groups in total. The summed E-state index contributed by atoms with van der Waals surface area (Å²) < 4.78 is 0. The average Bonchev–Trinajstić information content (AvgIpc) is 2.46. The molecular weight excluding hydrogens is 238 g/mol. The number of nitrogens with two attached hydrogens (primary N) is 1. The molecule has 0 bridgehead atoms. The van der Waals surface area contributed by atoms with E-state index in [1.165, 1.54) is 5.56 Å². The van der Waals surface area contributed by atoms with Crippen molar-refractivity contribution in [3.63, 3.8) is 0 Å². The molecule has 19 heavy (non-hydrogen) atoms. The van der Waals surface area contributed by atoms with E-state index in [2.05, 4.69) is 40.2 Å². The third-order valence-corrected chi connectivity index (χ3v) is 3.04. The van der Waals surface area contributed by atoms with E-state index in [1.54, 1.807) is 12.4 Å². The first-order chi connectivity index (χ1) is 9.12. The maximum Gasteiger partial charge on any atom is 0.144 e. The predicted octanol–water partition coefficient (Wildman–Crippen LogP) is 1.72. The molecule has 0 aliphatic heterocycles.